The van der Waals surface area contributed by atoms with Crippen molar-refractivity contribution in [3.63, 3.8) is 0 Å². The van der Waals surface area contributed by atoms with Crippen molar-refractivity contribution < 1.29 is 9.53 Å². The summed E-state index contributed by atoms with van der Waals surface area (Å²) in [7, 11) is 5.51. The molecular formula is C16H17BrN2O2. The van der Waals surface area contributed by atoms with E-state index in [4.69, 9.17) is 4.74 Å². The van der Waals surface area contributed by atoms with Gasteiger partial charge in [-0.25, -0.2) is 0 Å². The van der Waals surface area contributed by atoms with Crippen LogP contribution in [0.2, 0.25) is 0 Å². The highest BCUT2D eigenvalue weighted by Crippen LogP contribution is 2.26. The Bertz CT molecular complexity index is 656. The molecule has 0 saturated carbocycles. The number of anilines is 2. The number of rotatable bonds is 4. The van der Waals surface area contributed by atoms with Gasteiger partial charge in [0.25, 0.3) is 5.91 Å². The van der Waals surface area contributed by atoms with Crippen molar-refractivity contribution in [3.8, 4) is 5.75 Å². The summed E-state index contributed by atoms with van der Waals surface area (Å²) in [6, 6.07) is 12.9. The maximum atomic E-state index is 12.3. The first-order valence-electron chi connectivity index (χ1n) is 6.43. The van der Waals surface area contributed by atoms with Crippen LogP contribution in [-0.2, 0) is 0 Å². The Hall–Kier alpha value is -2.01. The maximum absolute atomic E-state index is 12.3. The molecule has 21 heavy (non-hydrogen) atoms. The van der Waals surface area contributed by atoms with E-state index >= 15 is 0 Å². The first-order chi connectivity index (χ1) is 10.0. The van der Waals surface area contributed by atoms with Gasteiger partial charge >= 0.3 is 0 Å². The lowest BCUT2D eigenvalue weighted by Gasteiger charge is -2.14. The van der Waals surface area contributed by atoms with Crippen LogP contribution >= 0.6 is 15.9 Å². The fraction of sp³-hybridized carbons (Fsp3) is 0.188. The van der Waals surface area contributed by atoms with Gasteiger partial charge in [-0.1, -0.05) is 6.07 Å². The lowest BCUT2D eigenvalue weighted by molar-refractivity contribution is 0.102. The first-order valence-corrected chi connectivity index (χ1v) is 7.23. The van der Waals surface area contributed by atoms with Crippen molar-refractivity contribution >= 4 is 33.2 Å². The predicted octanol–water partition coefficient (Wildman–Crippen LogP) is 3.78. The van der Waals surface area contributed by atoms with Crippen LogP contribution in [0.15, 0.2) is 46.9 Å². The topological polar surface area (TPSA) is 41.6 Å². The van der Waals surface area contributed by atoms with Gasteiger partial charge in [0.05, 0.1) is 11.6 Å². The quantitative estimate of drug-likeness (QED) is 0.914. The van der Waals surface area contributed by atoms with E-state index in [-0.39, 0.29) is 5.91 Å². The van der Waals surface area contributed by atoms with Crippen LogP contribution < -0.4 is 15.0 Å². The van der Waals surface area contributed by atoms with E-state index in [0.717, 1.165) is 15.8 Å². The number of halogens is 1. The van der Waals surface area contributed by atoms with Crippen LogP contribution in [0.1, 0.15) is 10.4 Å². The lowest BCUT2D eigenvalue weighted by Crippen LogP contribution is -2.13. The first kappa shape index (κ1) is 15.4. The number of nitrogens with one attached hydrogen (secondary N) is 1. The standard InChI is InChI=1S/C16H17BrN2O2/c1-19(2)13-6-4-5-12(10-13)18-16(20)11-7-8-15(21-3)14(17)9-11/h4-10H,1-3H3,(H,18,20). The van der Waals surface area contributed by atoms with Gasteiger partial charge in [-0.3, -0.25) is 4.79 Å². The van der Waals surface area contributed by atoms with Crippen LogP contribution in [0.5, 0.6) is 5.75 Å². The van der Waals surface area contributed by atoms with E-state index < -0.39 is 0 Å². The molecule has 2 aromatic carbocycles. The monoisotopic (exact) mass is 348 g/mol. The van der Waals surface area contributed by atoms with Crippen LogP contribution in [-0.4, -0.2) is 27.1 Å². The Morgan fingerprint density at radius 2 is 1.95 bits per heavy atom. The molecule has 0 aliphatic rings. The Labute approximate surface area is 132 Å². The summed E-state index contributed by atoms with van der Waals surface area (Å²) in [5.41, 5.74) is 2.36. The lowest BCUT2D eigenvalue weighted by atomic mass is 10.2. The number of hydrogen-bond donors (Lipinski definition) is 1. The Kier molecular flexibility index (Phi) is 4.85. The third kappa shape index (κ3) is 3.76. The molecule has 0 fully saturated rings. The van der Waals surface area contributed by atoms with Crippen molar-refractivity contribution in [1.29, 1.82) is 0 Å². The normalized spacial score (nSPS) is 10.1. The van der Waals surface area contributed by atoms with Crippen molar-refractivity contribution in [1.82, 2.24) is 0 Å². The summed E-state index contributed by atoms with van der Waals surface area (Å²) in [5, 5.41) is 2.89. The molecule has 0 aliphatic heterocycles. The molecule has 0 heterocycles. The smallest absolute Gasteiger partial charge is 0.255 e. The molecule has 0 saturated heterocycles. The highest BCUT2D eigenvalue weighted by molar-refractivity contribution is 9.10. The molecule has 0 spiro atoms. The van der Waals surface area contributed by atoms with Crippen molar-refractivity contribution in [2.75, 3.05) is 31.4 Å². The van der Waals surface area contributed by atoms with Gasteiger partial charge in [0, 0.05) is 31.0 Å². The minimum atomic E-state index is -0.158. The average molecular weight is 349 g/mol. The highest BCUT2D eigenvalue weighted by atomic mass is 79.9. The number of carbonyl (C=O) groups excluding carboxylic acids is 1. The molecule has 5 heteroatoms. The second-order valence-corrected chi connectivity index (χ2v) is 5.60. The van der Waals surface area contributed by atoms with Crippen LogP contribution in [0.25, 0.3) is 0 Å². The third-order valence-electron chi connectivity index (χ3n) is 3.03. The number of carbonyl (C=O) groups is 1. The van der Waals surface area contributed by atoms with Gasteiger partial charge in [0.2, 0.25) is 0 Å². The van der Waals surface area contributed by atoms with Gasteiger partial charge in [-0.2, -0.15) is 0 Å². The van der Waals surface area contributed by atoms with E-state index in [1.54, 1.807) is 25.3 Å². The van der Waals surface area contributed by atoms with Crippen LogP contribution in [0.3, 0.4) is 0 Å². The van der Waals surface area contributed by atoms with E-state index in [0.29, 0.717) is 11.3 Å². The largest absolute Gasteiger partial charge is 0.496 e. The minimum Gasteiger partial charge on any atom is -0.496 e. The molecule has 0 radical (unpaired) electrons. The van der Waals surface area contributed by atoms with Crippen molar-refractivity contribution in [3.05, 3.63) is 52.5 Å². The zero-order chi connectivity index (χ0) is 15.4. The average Bonchev–Trinajstić information content (AvgIpc) is 2.47. The highest BCUT2D eigenvalue weighted by Gasteiger charge is 2.09. The molecular weight excluding hydrogens is 332 g/mol. The summed E-state index contributed by atoms with van der Waals surface area (Å²) in [5.74, 6) is 0.537. The van der Waals surface area contributed by atoms with Gasteiger partial charge in [0.1, 0.15) is 5.75 Å². The van der Waals surface area contributed by atoms with E-state index in [9.17, 15) is 4.79 Å². The minimum absolute atomic E-state index is 0.158. The Balaban J connectivity index is 2.18. The zero-order valence-electron chi connectivity index (χ0n) is 12.2. The molecule has 0 aliphatic carbocycles. The second kappa shape index (κ2) is 6.63. The summed E-state index contributed by atoms with van der Waals surface area (Å²) in [6.07, 6.45) is 0. The van der Waals surface area contributed by atoms with Crippen LogP contribution in [0.4, 0.5) is 11.4 Å². The predicted molar refractivity (Wildman–Crippen MR) is 89.4 cm³/mol. The van der Waals surface area contributed by atoms with E-state index in [1.165, 1.54) is 0 Å². The second-order valence-electron chi connectivity index (χ2n) is 4.75. The summed E-state index contributed by atoms with van der Waals surface area (Å²) < 4.78 is 5.91. The maximum Gasteiger partial charge on any atom is 0.255 e. The fourth-order valence-electron chi connectivity index (χ4n) is 1.87. The number of amides is 1. The van der Waals surface area contributed by atoms with Crippen molar-refractivity contribution in [2.45, 2.75) is 0 Å². The number of ether oxygens (including phenoxy) is 1. The molecule has 1 amide bonds. The van der Waals surface area contributed by atoms with Gasteiger partial charge < -0.3 is 15.0 Å². The summed E-state index contributed by atoms with van der Waals surface area (Å²) >= 11 is 3.38. The number of methoxy groups -OCH3 is 1. The molecule has 0 atom stereocenters. The van der Waals surface area contributed by atoms with Gasteiger partial charge in [-0.05, 0) is 52.3 Å². The summed E-state index contributed by atoms with van der Waals surface area (Å²) in [6.45, 7) is 0. The van der Waals surface area contributed by atoms with E-state index in [2.05, 4.69) is 21.2 Å². The number of benzene rings is 2. The van der Waals surface area contributed by atoms with Gasteiger partial charge in [-0.15, -0.1) is 0 Å². The van der Waals surface area contributed by atoms with E-state index in [1.807, 2.05) is 43.3 Å². The molecule has 0 bridgehead atoms. The SMILES string of the molecule is COc1ccc(C(=O)Nc2cccc(N(C)C)c2)cc1Br. The fourth-order valence-corrected chi connectivity index (χ4v) is 2.41. The Morgan fingerprint density at radius 1 is 1.19 bits per heavy atom. The molecule has 0 unspecified atom stereocenters. The zero-order valence-corrected chi connectivity index (χ0v) is 13.8. The van der Waals surface area contributed by atoms with Crippen LogP contribution in [0, 0.1) is 0 Å². The molecule has 110 valence electrons. The molecule has 0 aromatic heterocycles. The molecule has 1 N–H and O–H groups in total. The van der Waals surface area contributed by atoms with Crippen molar-refractivity contribution in [2.24, 2.45) is 0 Å². The summed E-state index contributed by atoms with van der Waals surface area (Å²) in [4.78, 5) is 14.2. The van der Waals surface area contributed by atoms with Gasteiger partial charge in [0.15, 0.2) is 0 Å². The molecule has 2 aromatic rings. The molecule has 4 nitrogen and oxygen atoms in total. The number of hydrogen-bond acceptors (Lipinski definition) is 3. The Morgan fingerprint density at radius 3 is 2.57 bits per heavy atom. The molecule has 2 rings (SSSR count). The third-order valence-corrected chi connectivity index (χ3v) is 3.65. The number of nitrogens with zero attached hydrogens (tertiary/aromatic N) is 1.